The first-order valence-corrected chi connectivity index (χ1v) is 7.43. The van der Waals surface area contributed by atoms with Gasteiger partial charge in [0.15, 0.2) is 0 Å². The molecular weight excluding hydrogens is 266 g/mol. The molecule has 4 heteroatoms. The van der Waals surface area contributed by atoms with Crippen LogP contribution in [-0.2, 0) is 0 Å². The summed E-state index contributed by atoms with van der Waals surface area (Å²) >= 11 is 0. The monoisotopic (exact) mass is 289 g/mol. The molecule has 0 saturated carbocycles. The van der Waals surface area contributed by atoms with Gasteiger partial charge in [0.2, 0.25) is 0 Å². The van der Waals surface area contributed by atoms with Gasteiger partial charge in [-0.15, -0.1) is 0 Å². The van der Waals surface area contributed by atoms with Gasteiger partial charge in [-0.25, -0.2) is 4.79 Å². The van der Waals surface area contributed by atoms with Crippen molar-refractivity contribution in [2.24, 2.45) is 0 Å². The van der Waals surface area contributed by atoms with Crippen molar-refractivity contribution in [3.63, 3.8) is 0 Å². The van der Waals surface area contributed by atoms with Gasteiger partial charge in [0.1, 0.15) is 11.3 Å². The second-order valence-electron chi connectivity index (χ2n) is 5.26. The van der Waals surface area contributed by atoms with Gasteiger partial charge in [-0.2, -0.15) is 0 Å². The molecule has 0 atom stereocenters. The largest absolute Gasteiger partial charge is 0.493 e. The van der Waals surface area contributed by atoms with E-state index in [4.69, 9.17) is 9.15 Å². The van der Waals surface area contributed by atoms with E-state index in [1.807, 2.05) is 26.0 Å². The summed E-state index contributed by atoms with van der Waals surface area (Å²) in [6.45, 7) is 10.3. The Bertz CT molecular complexity index is 688. The van der Waals surface area contributed by atoms with Gasteiger partial charge in [0, 0.05) is 16.5 Å². The first kappa shape index (κ1) is 15.6. The van der Waals surface area contributed by atoms with E-state index >= 15 is 0 Å². The summed E-state index contributed by atoms with van der Waals surface area (Å²) in [5.41, 5.74) is 2.89. The zero-order chi connectivity index (χ0) is 15.4. The van der Waals surface area contributed by atoms with Crippen LogP contribution in [-0.4, -0.2) is 19.7 Å². The van der Waals surface area contributed by atoms with Gasteiger partial charge in [0.05, 0.1) is 6.61 Å². The van der Waals surface area contributed by atoms with Crippen molar-refractivity contribution in [3.8, 4) is 5.75 Å². The summed E-state index contributed by atoms with van der Waals surface area (Å²) in [5.74, 6) is 0.783. The molecule has 0 spiro atoms. The summed E-state index contributed by atoms with van der Waals surface area (Å²) in [7, 11) is 0. The van der Waals surface area contributed by atoms with Gasteiger partial charge in [-0.1, -0.05) is 6.92 Å². The van der Waals surface area contributed by atoms with Crippen LogP contribution >= 0.6 is 0 Å². The molecule has 114 valence electrons. The molecule has 0 aliphatic rings. The second-order valence-corrected chi connectivity index (χ2v) is 5.26. The Balaban J connectivity index is 2.26. The van der Waals surface area contributed by atoms with Gasteiger partial charge in [-0.3, -0.25) is 0 Å². The van der Waals surface area contributed by atoms with Crippen LogP contribution in [0.2, 0.25) is 0 Å². The SMILES string of the molecule is CCNCCCOc1ccc2c(C)c(C)c(=O)oc2c1C. The molecule has 1 N–H and O–H groups in total. The third-order valence-electron chi connectivity index (χ3n) is 3.83. The molecular formula is C17H23NO3. The fraction of sp³-hybridized carbons (Fsp3) is 0.471. The fourth-order valence-electron chi connectivity index (χ4n) is 2.34. The molecule has 2 aromatic rings. The molecule has 21 heavy (non-hydrogen) atoms. The highest BCUT2D eigenvalue weighted by Crippen LogP contribution is 2.29. The molecule has 2 rings (SSSR count). The van der Waals surface area contributed by atoms with E-state index in [-0.39, 0.29) is 5.63 Å². The van der Waals surface area contributed by atoms with Crippen LogP contribution in [0.25, 0.3) is 11.0 Å². The minimum atomic E-state index is -0.271. The lowest BCUT2D eigenvalue weighted by Crippen LogP contribution is -2.16. The van der Waals surface area contributed by atoms with Crippen molar-refractivity contribution in [1.29, 1.82) is 0 Å². The van der Waals surface area contributed by atoms with Crippen molar-refractivity contribution in [2.45, 2.75) is 34.1 Å². The molecule has 4 nitrogen and oxygen atoms in total. The number of benzene rings is 1. The summed E-state index contributed by atoms with van der Waals surface area (Å²) in [6, 6.07) is 3.92. The average Bonchev–Trinajstić information content (AvgIpc) is 2.47. The van der Waals surface area contributed by atoms with Crippen LogP contribution in [0.5, 0.6) is 5.75 Å². The number of nitrogens with one attached hydrogen (secondary N) is 1. The number of hydrogen-bond acceptors (Lipinski definition) is 4. The van der Waals surface area contributed by atoms with E-state index in [2.05, 4.69) is 12.2 Å². The Morgan fingerprint density at radius 3 is 2.62 bits per heavy atom. The minimum absolute atomic E-state index is 0.271. The third-order valence-corrected chi connectivity index (χ3v) is 3.83. The van der Waals surface area contributed by atoms with Crippen molar-refractivity contribution in [3.05, 3.63) is 39.2 Å². The molecule has 0 aliphatic carbocycles. The maximum absolute atomic E-state index is 11.8. The van der Waals surface area contributed by atoms with E-state index in [1.54, 1.807) is 6.92 Å². The first-order valence-electron chi connectivity index (χ1n) is 7.43. The fourth-order valence-corrected chi connectivity index (χ4v) is 2.34. The van der Waals surface area contributed by atoms with Gasteiger partial charge < -0.3 is 14.5 Å². The van der Waals surface area contributed by atoms with E-state index in [9.17, 15) is 4.79 Å². The highest BCUT2D eigenvalue weighted by molar-refractivity contribution is 5.85. The average molecular weight is 289 g/mol. The lowest BCUT2D eigenvalue weighted by Gasteiger charge is -2.12. The number of ether oxygens (including phenoxy) is 1. The standard InChI is InChI=1S/C17H23NO3/c1-5-18-9-6-10-20-15-8-7-14-11(2)12(3)17(19)21-16(14)13(15)4/h7-8,18H,5-6,9-10H2,1-4H3. The summed E-state index contributed by atoms with van der Waals surface area (Å²) in [4.78, 5) is 11.8. The van der Waals surface area contributed by atoms with Crippen molar-refractivity contribution < 1.29 is 9.15 Å². The van der Waals surface area contributed by atoms with Crippen molar-refractivity contribution in [1.82, 2.24) is 5.32 Å². The van der Waals surface area contributed by atoms with E-state index in [1.165, 1.54) is 0 Å². The maximum atomic E-state index is 11.8. The first-order chi connectivity index (χ1) is 10.1. The molecule has 0 radical (unpaired) electrons. The highest BCUT2D eigenvalue weighted by atomic mass is 16.5. The molecule has 0 bridgehead atoms. The van der Waals surface area contributed by atoms with E-state index < -0.39 is 0 Å². The molecule has 1 aromatic carbocycles. The van der Waals surface area contributed by atoms with Gasteiger partial charge in [-0.05, 0) is 58.0 Å². The Hall–Kier alpha value is -1.81. The van der Waals surface area contributed by atoms with Gasteiger partial charge in [0.25, 0.3) is 0 Å². The van der Waals surface area contributed by atoms with Crippen LogP contribution < -0.4 is 15.7 Å². The Morgan fingerprint density at radius 1 is 1.14 bits per heavy atom. The molecule has 1 aromatic heterocycles. The maximum Gasteiger partial charge on any atom is 0.339 e. The number of hydrogen-bond donors (Lipinski definition) is 1. The Labute approximate surface area is 125 Å². The van der Waals surface area contributed by atoms with Crippen molar-refractivity contribution >= 4 is 11.0 Å². The minimum Gasteiger partial charge on any atom is -0.493 e. The Morgan fingerprint density at radius 2 is 1.90 bits per heavy atom. The molecule has 0 saturated heterocycles. The quantitative estimate of drug-likeness (QED) is 0.656. The highest BCUT2D eigenvalue weighted by Gasteiger charge is 2.12. The lowest BCUT2D eigenvalue weighted by atomic mass is 10.0. The second kappa shape index (κ2) is 6.76. The topological polar surface area (TPSA) is 51.5 Å². The zero-order valence-electron chi connectivity index (χ0n) is 13.2. The summed E-state index contributed by atoms with van der Waals surface area (Å²) in [6.07, 6.45) is 0.947. The number of aryl methyl sites for hydroxylation is 2. The molecule has 0 fully saturated rings. The van der Waals surface area contributed by atoms with Crippen LogP contribution in [0.4, 0.5) is 0 Å². The van der Waals surface area contributed by atoms with Crippen LogP contribution in [0.1, 0.15) is 30.0 Å². The summed E-state index contributed by atoms with van der Waals surface area (Å²) in [5, 5.41) is 4.24. The van der Waals surface area contributed by atoms with Crippen LogP contribution in [0, 0.1) is 20.8 Å². The summed E-state index contributed by atoms with van der Waals surface area (Å²) < 4.78 is 11.2. The normalized spacial score (nSPS) is 11.0. The molecule has 0 aliphatic heterocycles. The predicted molar refractivity (Wildman–Crippen MR) is 85.4 cm³/mol. The van der Waals surface area contributed by atoms with E-state index in [0.29, 0.717) is 17.8 Å². The third kappa shape index (κ3) is 3.27. The predicted octanol–water partition coefficient (Wildman–Crippen LogP) is 3.10. The molecule has 1 heterocycles. The number of fused-ring (bicyclic) bond motifs is 1. The van der Waals surface area contributed by atoms with Crippen LogP contribution in [0.15, 0.2) is 21.3 Å². The van der Waals surface area contributed by atoms with Crippen molar-refractivity contribution in [2.75, 3.05) is 19.7 Å². The number of rotatable bonds is 6. The Kier molecular flexibility index (Phi) is 5.02. The van der Waals surface area contributed by atoms with Gasteiger partial charge >= 0.3 is 5.63 Å². The smallest absolute Gasteiger partial charge is 0.339 e. The van der Waals surface area contributed by atoms with E-state index in [0.717, 1.165) is 41.8 Å². The van der Waals surface area contributed by atoms with Crippen LogP contribution in [0.3, 0.4) is 0 Å². The molecule has 0 unspecified atom stereocenters. The lowest BCUT2D eigenvalue weighted by molar-refractivity contribution is 0.306. The zero-order valence-corrected chi connectivity index (χ0v) is 13.2. The molecule has 0 amide bonds.